The molecule has 1 N–H and O–H groups in total. The third kappa shape index (κ3) is 3.03. The normalized spacial score (nSPS) is 19.3. The van der Waals surface area contributed by atoms with Crippen molar-refractivity contribution in [2.24, 2.45) is 0 Å². The van der Waals surface area contributed by atoms with E-state index in [-0.39, 0.29) is 18.4 Å². The van der Waals surface area contributed by atoms with E-state index >= 15 is 0 Å². The lowest BCUT2D eigenvalue weighted by atomic mass is 10.0. The second kappa shape index (κ2) is 6.69. The summed E-state index contributed by atoms with van der Waals surface area (Å²) in [6.07, 6.45) is 0. The number of benzene rings is 1. The quantitative estimate of drug-likeness (QED) is 0.898. The van der Waals surface area contributed by atoms with Crippen LogP contribution >= 0.6 is 12.4 Å². The molecule has 1 aromatic rings. The summed E-state index contributed by atoms with van der Waals surface area (Å²) in [6.45, 7) is 2.26. The molecule has 1 atom stereocenters. The number of hydrogen-bond donors (Lipinski definition) is 1. The topological polar surface area (TPSA) is 39.7 Å². The van der Waals surface area contributed by atoms with Gasteiger partial charge in [-0.3, -0.25) is 0 Å². The van der Waals surface area contributed by atoms with Gasteiger partial charge in [0.1, 0.15) is 11.5 Å². The molecule has 1 fully saturated rings. The van der Waals surface area contributed by atoms with Crippen LogP contribution in [-0.2, 0) is 4.74 Å². The van der Waals surface area contributed by atoms with Gasteiger partial charge in [-0.1, -0.05) is 6.07 Å². The second-order valence-corrected chi connectivity index (χ2v) is 3.66. The summed E-state index contributed by atoms with van der Waals surface area (Å²) in [5, 5.41) is 3.40. The Morgan fingerprint density at radius 3 is 2.35 bits per heavy atom. The molecule has 0 aromatic heterocycles. The third-order valence-corrected chi connectivity index (χ3v) is 2.74. The number of ether oxygens (including phenoxy) is 3. The minimum atomic E-state index is 0. The van der Waals surface area contributed by atoms with E-state index < -0.39 is 0 Å². The van der Waals surface area contributed by atoms with Crippen LogP contribution in [-0.4, -0.2) is 34.0 Å². The predicted octanol–water partition coefficient (Wildman–Crippen LogP) is 1.79. The average molecular weight is 260 g/mol. The zero-order valence-corrected chi connectivity index (χ0v) is 10.9. The van der Waals surface area contributed by atoms with Crippen molar-refractivity contribution in [3.8, 4) is 11.5 Å². The molecular formula is C12H18ClNO3. The summed E-state index contributed by atoms with van der Waals surface area (Å²) in [5.41, 5.74) is 1.03. The summed E-state index contributed by atoms with van der Waals surface area (Å²) in [4.78, 5) is 0. The lowest BCUT2D eigenvalue weighted by Crippen LogP contribution is -2.35. The fraction of sp³-hybridized carbons (Fsp3) is 0.500. The monoisotopic (exact) mass is 259 g/mol. The number of halogens is 1. The number of morpholine rings is 1. The van der Waals surface area contributed by atoms with Gasteiger partial charge in [-0.2, -0.15) is 0 Å². The van der Waals surface area contributed by atoms with Gasteiger partial charge in [-0.15, -0.1) is 12.4 Å². The van der Waals surface area contributed by atoms with Crippen LogP contribution in [0, 0.1) is 0 Å². The molecule has 1 aromatic carbocycles. The molecule has 0 aliphatic carbocycles. The number of hydrogen-bond acceptors (Lipinski definition) is 4. The molecule has 17 heavy (non-hydrogen) atoms. The predicted molar refractivity (Wildman–Crippen MR) is 68.4 cm³/mol. The lowest BCUT2D eigenvalue weighted by molar-refractivity contribution is 0.0752. The molecule has 2 rings (SSSR count). The van der Waals surface area contributed by atoms with Crippen LogP contribution in [0.4, 0.5) is 0 Å². The SMILES string of the molecule is COc1cccc(OC)c1[C@H]1COCCN1.Cl. The van der Waals surface area contributed by atoms with E-state index in [0.29, 0.717) is 6.61 Å². The van der Waals surface area contributed by atoms with Crippen molar-refractivity contribution < 1.29 is 14.2 Å². The summed E-state index contributed by atoms with van der Waals surface area (Å²) >= 11 is 0. The summed E-state index contributed by atoms with van der Waals surface area (Å²) < 4.78 is 16.2. The molecule has 1 aliphatic heterocycles. The molecule has 1 aliphatic rings. The maximum absolute atomic E-state index is 5.46. The van der Waals surface area contributed by atoms with Gasteiger partial charge >= 0.3 is 0 Å². The van der Waals surface area contributed by atoms with E-state index in [1.807, 2.05) is 18.2 Å². The Kier molecular flexibility index (Phi) is 5.55. The molecule has 4 nitrogen and oxygen atoms in total. The van der Waals surface area contributed by atoms with Gasteiger partial charge in [0.2, 0.25) is 0 Å². The molecule has 1 heterocycles. The van der Waals surface area contributed by atoms with Gasteiger partial charge in [0.05, 0.1) is 39.0 Å². The highest BCUT2D eigenvalue weighted by atomic mass is 35.5. The standard InChI is InChI=1S/C12H17NO3.ClH/c1-14-10-4-3-5-11(15-2)12(10)9-8-16-7-6-13-9;/h3-5,9,13H,6-8H2,1-2H3;1H/t9-;/m1./s1. The highest BCUT2D eigenvalue weighted by Crippen LogP contribution is 2.34. The van der Waals surface area contributed by atoms with E-state index in [2.05, 4.69) is 5.32 Å². The van der Waals surface area contributed by atoms with Crippen LogP contribution in [0.5, 0.6) is 11.5 Å². The van der Waals surface area contributed by atoms with Crippen molar-refractivity contribution in [1.29, 1.82) is 0 Å². The second-order valence-electron chi connectivity index (χ2n) is 3.66. The van der Waals surface area contributed by atoms with E-state index in [9.17, 15) is 0 Å². The van der Waals surface area contributed by atoms with E-state index in [1.165, 1.54) is 0 Å². The molecule has 96 valence electrons. The molecule has 0 unspecified atom stereocenters. The largest absolute Gasteiger partial charge is 0.496 e. The van der Waals surface area contributed by atoms with Crippen LogP contribution in [0.3, 0.4) is 0 Å². The maximum Gasteiger partial charge on any atom is 0.127 e. The zero-order chi connectivity index (χ0) is 11.4. The molecule has 0 bridgehead atoms. The first-order valence-electron chi connectivity index (χ1n) is 5.39. The summed E-state index contributed by atoms with van der Waals surface area (Å²) in [6, 6.07) is 5.94. The average Bonchev–Trinajstić information content (AvgIpc) is 2.38. The van der Waals surface area contributed by atoms with Crippen molar-refractivity contribution in [1.82, 2.24) is 5.32 Å². The van der Waals surface area contributed by atoms with Gasteiger partial charge < -0.3 is 19.5 Å². The van der Waals surface area contributed by atoms with Crippen LogP contribution in [0.1, 0.15) is 11.6 Å². The number of nitrogens with one attached hydrogen (secondary N) is 1. The van der Waals surface area contributed by atoms with E-state index in [4.69, 9.17) is 14.2 Å². The van der Waals surface area contributed by atoms with Gasteiger partial charge in [-0.25, -0.2) is 0 Å². The molecule has 0 saturated carbocycles. The fourth-order valence-corrected chi connectivity index (χ4v) is 1.97. The first kappa shape index (κ1) is 14.1. The Hall–Kier alpha value is -0.970. The first-order chi connectivity index (χ1) is 7.86. The van der Waals surface area contributed by atoms with Gasteiger partial charge in [-0.05, 0) is 12.1 Å². The van der Waals surface area contributed by atoms with Crippen molar-refractivity contribution in [2.45, 2.75) is 6.04 Å². The fourth-order valence-electron chi connectivity index (χ4n) is 1.97. The van der Waals surface area contributed by atoms with Crippen LogP contribution in [0.25, 0.3) is 0 Å². The third-order valence-electron chi connectivity index (χ3n) is 2.74. The van der Waals surface area contributed by atoms with Gasteiger partial charge in [0.25, 0.3) is 0 Å². The smallest absolute Gasteiger partial charge is 0.127 e. The van der Waals surface area contributed by atoms with Crippen molar-refractivity contribution >= 4 is 12.4 Å². The zero-order valence-electron chi connectivity index (χ0n) is 10.1. The number of rotatable bonds is 3. The molecule has 0 amide bonds. The Morgan fingerprint density at radius 1 is 1.24 bits per heavy atom. The Labute approximate surface area is 108 Å². The Morgan fingerprint density at radius 2 is 1.88 bits per heavy atom. The molecular weight excluding hydrogens is 242 g/mol. The lowest BCUT2D eigenvalue weighted by Gasteiger charge is -2.26. The van der Waals surface area contributed by atoms with Crippen molar-refractivity contribution in [3.63, 3.8) is 0 Å². The molecule has 0 spiro atoms. The molecule has 0 radical (unpaired) electrons. The Bertz CT molecular complexity index is 331. The molecule has 5 heteroatoms. The van der Waals surface area contributed by atoms with Gasteiger partial charge in [0.15, 0.2) is 0 Å². The Balaban J connectivity index is 0.00000144. The van der Waals surface area contributed by atoms with E-state index in [1.54, 1.807) is 14.2 Å². The van der Waals surface area contributed by atoms with E-state index in [0.717, 1.165) is 30.2 Å². The highest BCUT2D eigenvalue weighted by Gasteiger charge is 2.22. The van der Waals surface area contributed by atoms with Gasteiger partial charge in [0, 0.05) is 6.54 Å². The minimum Gasteiger partial charge on any atom is -0.496 e. The maximum atomic E-state index is 5.46. The number of methoxy groups -OCH3 is 2. The molecule has 1 saturated heterocycles. The minimum absolute atomic E-state index is 0. The van der Waals surface area contributed by atoms with Crippen LogP contribution in [0.2, 0.25) is 0 Å². The summed E-state index contributed by atoms with van der Waals surface area (Å²) in [5.74, 6) is 1.67. The summed E-state index contributed by atoms with van der Waals surface area (Å²) in [7, 11) is 3.34. The van der Waals surface area contributed by atoms with Crippen molar-refractivity contribution in [3.05, 3.63) is 23.8 Å². The van der Waals surface area contributed by atoms with Crippen LogP contribution < -0.4 is 14.8 Å². The first-order valence-corrected chi connectivity index (χ1v) is 5.39. The van der Waals surface area contributed by atoms with Crippen LogP contribution in [0.15, 0.2) is 18.2 Å². The van der Waals surface area contributed by atoms with Crippen molar-refractivity contribution in [2.75, 3.05) is 34.0 Å². The highest BCUT2D eigenvalue weighted by molar-refractivity contribution is 5.85.